The summed E-state index contributed by atoms with van der Waals surface area (Å²) in [6.45, 7) is 0. The van der Waals surface area contributed by atoms with E-state index in [0.29, 0.717) is 17.7 Å². The van der Waals surface area contributed by atoms with Gasteiger partial charge in [0.05, 0.1) is 0 Å². The fraction of sp³-hybridized carbons (Fsp3) is 0.200. The SMILES string of the molecule is N[C@H]1CC(c2cccc(F)c2)Oc2cc(F)ccc21. The predicted octanol–water partition coefficient (Wildman–Crippen LogP) is 3.49. The van der Waals surface area contributed by atoms with E-state index in [-0.39, 0.29) is 23.8 Å². The van der Waals surface area contributed by atoms with E-state index in [0.717, 1.165) is 5.56 Å². The summed E-state index contributed by atoms with van der Waals surface area (Å²) in [4.78, 5) is 0. The third-order valence-electron chi connectivity index (χ3n) is 3.33. The lowest BCUT2D eigenvalue weighted by Gasteiger charge is -2.30. The van der Waals surface area contributed by atoms with Crippen LogP contribution in [0.5, 0.6) is 5.75 Å². The summed E-state index contributed by atoms with van der Waals surface area (Å²) in [5.74, 6) is -0.251. The molecule has 19 heavy (non-hydrogen) atoms. The maximum absolute atomic E-state index is 13.2. The summed E-state index contributed by atoms with van der Waals surface area (Å²) in [5.41, 5.74) is 7.57. The zero-order valence-corrected chi connectivity index (χ0v) is 10.1. The van der Waals surface area contributed by atoms with Crippen LogP contribution in [0, 0.1) is 11.6 Å². The molecule has 0 saturated carbocycles. The number of fused-ring (bicyclic) bond motifs is 1. The average molecular weight is 261 g/mol. The third-order valence-corrected chi connectivity index (χ3v) is 3.33. The molecule has 2 nitrogen and oxygen atoms in total. The van der Waals surface area contributed by atoms with Gasteiger partial charge in [0.2, 0.25) is 0 Å². The topological polar surface area (TPSA) is 35.2 Å². The molecule has 3 rings (SSSR count). The van der Waals surface area contributed by atoms with Gasteiger partial charge in [0.15, 0.2) is 0 Å². The Bertz CT molecular complexity index is 615. The Morgan fingerprint density at radius 3 is 2.63 bits per heavy atom. The van der Waals surface area contributed by atoms with Gasteiger partial charge in [-0.1, -0.05) is 18.2 Å². The van der Waals surface area contributed by atoms with E-state index in [9.17, 15) is 8.78 Å². The summed E-state index contributed by atoms with van der Waals surface area (Å²) in [5, 5.41) is 0. The van der Waals surface area contributed by atoms with E-state index in [1.165, 1.54) is 24.3 Å². The average Bonchev–Trinajstić information content (AvgIpc) is 2.38. The fourth-order valence-electron chi connectivity index (χ4n) is 2.39. The Balaban J connectivity index is 1.96. The van der Waals surface area contributed by atoms with E-state index >= 15 is 0 Å². The smallest absolute Gasteiger partial charge is 0.127 e. The van der Waals surface area contributed by atoms with Crippen LogP contribution >= 0.6 is 0 Å². The molecule has 0 bridgehead atoms. The summed E-state index contributed by atoms with van der Waals surface area (Å²) >= 11 is 0. The van der Waals surface area contributed by atoms with Crippen LogP contribution in [-0.4, -0.2) is 0 Å². The van der Waals surface area contributed by atoms with Gasteiger partial charge in [0, 0.05) is 24.1 Å². The van der Waals surface area contributed by atoms with Gasteiger partial charge in [-0.15, -0.1) is 0 Å². The van der Waals surface area contributed by atoms with Crippen molar-refractivity contribution >= 4 is 0 Å². The Hall–Kier alpha value is -1.94. The minimum atomic E-state index is -0.370. The highest BCUT2D eigenvalue weighted by molar-refractivity contribution is 5.39. The number of hydrogen-bond acceptors (Lipinski definition) is 2. The zero-order chi connectivity index (χ0) is 13.4. The van der Waals surface area contributed by atoms with Gasteiger partial charge in [-0.2, -0.15) is 0 Å². The summed E-state index contributed by atoms with van der Waals surface area (Å²) < 4.78 is 32.2. The van der Waals surface area contributed by atoms with Crippen molar-refractivity contribution < 1.29 is 13.5 Å². The predicted molar refractivity (Wildman–Crippen MR) is 67.7 cm³/mol. The second-order valence-corrected chi connectivity index (χ2v) is 4.69. The van der Waals surface area contributed by atoms with E-state index in [1.54, 1.807) is 18.2 Å². The monoisotopic (exact) mass is 261 g/mol. The van der Waals surface area contributed by atoms with E-state index < -0.39 is 0 Å². The molecule has 1 heterocycles. The Kier molecular flexibility index (Phi) is 2.95. The van der Waals surface area contributed by atoms with Gasteiger partial charge in [0.25, 0.3) is 0 Å². The molecule has 98 valence electrons. The van der Waals surface area contributed by atoms with Gasteiger partial charge < -0.3 is 10.5 Å². The number of nitrogens with two attached hydrogens (primary N) is 1. The molecule has 2 N–H and O–H groups in total. The van der Waals surface area contributed by atoms with Crippen molar-refractivity contribution in [1.29, 1.82) is 0 Å². The Morgan fingerprint density at radius 2 is 1.84 bits per heavy atom. The molecule has 1 unspecified atom stereocenters. The summed E-state index contributed by atoms with van der Waals surface area (Å²) in [6, 6.07) is 10.3. The van der Waals surface area contributed by atoms with Gasteiger partial charge >= 0.3 is 0 Å². The highest BCUT2D eigenvalue weighted by Gasteiger charge is 2.27. The van der Waals surface area contributed by atoms with E-state index in [4.69, 9.17) is 10.5 Å². The lowest BCUT2D eigenvalue weighted by Crippen LogP contribution is -2.24. The molecule has 4 heteroatoms. The minimum Gasteiger partial charge on any atom is -0.485 e. The van der Waals surface area contributed by atoms with Crippen molar-refractivity contribution in [3.63, 3.8) is 0 Å². The Morgan fingerprint density at radius 1 is 1.05 bits per heavy atom. The number of ether oxygens (including phenoxy) is 1. The molecule has 0 amide bonds. The first-order chi connectivity index (χ1) is 9.13. The molecule has 0 saturated heterocycles. The summed E-state index contributed by atoms with van der Waals surface area (Å²) in [7, 11) is 0. The minimum absolute atomic E-state index is 0.238. The van der Waals surface area contributed by atoms with Crippen LogP contribution in [-0.2, 0) is 0 Å². The normalized spacial score (nSPS) is 21.6. The van der Waals surface area contributed by atoms with E-state index in [1.807, 2.05) is 0 Å². The molecular formula is C15H13F2NO. The standard InChI is InChI=1S/C15H13F2NO/c16-10-3-1-2-9(6-10)14-8-13(18)12-5-4-11(17)7-15(12)19-14/h1-7,13-14H,8,18H2/t13-,14?/m0/s1. The van der Waals surface area contributed by atoms with Crippen LogP contribution < -0.4 is 10.5 Å². The maximum Gasteiger partial charge on any atom is 0.127 e. The van der Waals surface area contributed by atoms with Crippen LogP contribution in [0.15, 0.2) is 42.5 Å². The second kappa shape index (κ2) is 4.63. The largest absolute Gasteiger partial charge is 0.485 e. The molecule has 2 aromatic carbocycles. The zero-order valence-electron chi connectivity index (χ0n) is 10.1. The van der Waals surface area contributed by atoms with Crippen molar-refractivity contribution in [1.82, 2.24) is 0 Å². The van der Waals surface area contributed by atoms with Crippen LogP contribution in [0.2, 0.25) is 0 Å². The number of halogens is 2. The maximum atomic E-state index is 13.2. The van der Waals surface area contributed by atoms with Crippen LogP contribution in [0.25, 0.3) is 0 Å². The molecule has 0 spiro atoms. The van der Waals surface area contributed by atoms with Crippen molar-refractivity contribution in [3.8, 4) is 5.75 Å². The number of benzene rings is 2. The van der Waals surface area contributed by atoms with Gasteiger partial charge in [-0.25, -0.2) is 8.78 Å². The Labute approximate surface area is 109 Å². The first-order valence-electron chi connectivity index (χ1n) is 6.10. The number of rotatable bonds is 1. The van der Waals surface area contributed by atoms with E-state index in [2.05, 4.69) is 0 Å². The molecule has 1 aliphatic rings. The second-order valence-electron chi connectivity index (χ2n) is 4.69. The summed E-state index contributed by atoms with van der Waals surface area (Å²) in [6.07, 6.45) is 0.197. The highest BCUT2D eigenvalue weighted by atomic mass is 19.1. The van der Waals surface area contributed by atoms with Gasteiger partial charge in [-0.05, 0) is 23.8 Å². The fourth-order valence-corrected chi connectivity index (χ4v) is 2.39. The van der Waals surface area contributed by atoms with Gasteiger partial charge in [0.1, 0.15) is 23.5 Å². The number of hydrogen-bond donors (Lipinski definition) is 1. The molecule has 0 aromatic heterocycles. The lowest BCUT2D eigenvalue weighted by atomic mass is 9.93. The molecular weight excluding hydrogens is 248 g/mol. The van der Waals surface area contributed by atoms with Crippen molar-refractivity contribution in [3.05, 3.63) is 65.2 Å². The first kappa shape index (κ1) is 12.1. The highest BCUT2D eigenvalue weighted by Crippen LogP contribution is 2.39. The molecule has 2 atom stereocenters. The molecule has 2 aromatic rings. The van der Waals surface area contributed by atoms with Gasteiger partial charge in [-0.3, -0.25) is 0 Å². The molecule has 0 radical (unpaired) electrons. The molecule has 1 aliphatic heterocycles. The van der Waals surface area contributed by atoms with Crippen molar-refractivity contribution in [2.24, 2.45) is 5.73 Å². The van der Waals surface area contributed by atoms with Crippen LogP contribution in [0.1, 0.15) is 29.7 Å². The molecule has 0 fully saturated rings. The quantitative estimate of drug-likeness (QED) is 0.852. The molecule has 0 aliphatic carbocycles. The lowest BCUT2D eigenvalue weighted by molar-refractivity contribution is 0.160. The van der Waals surface area contributed by atoms with Crippen molar-refractivity contribution in [2.45, 2.75) is 18.6 Å². The van der Waals surface area contributed by atoms with Crippen molar-refractivity contribution in [2.75, 3.05) is 0 Å². The van der Waals surface area contributed by atoms with Crippen LogP contribution in [0.3, 0.4) is 0 Å². The first-order valence-corrected chi connectivity index (χ1v) is 6.10. The third kappa shape index (κ3) is 2.31. The van der Waals surface area contributed by atoms with Crippen LogP contribution in [0.4, 0.5) is 8.78 Å².